The van der Waals surface area contributed by atoms with Crippen LogP contribution in [0.15, 0.2) is 54.6 Å². The lowest BCUT2D eigenvalue weighted by atomic mass is 9.81. The van der Waals surface area contributed by atoms with E-state index in [4.69, 9.17) is 4.74 Å². The molecule has 2 aliphatic rings. The number of aliphatic carboxylic acids is 1. The molecule has 2 unspecified atom stereocenters. The number of carbonyl (C=O) groups is 3. The molecule has 1 aliphatic heterocycles. The zero-order chi connectivity index (χ0) is 24.7. The first-order chi connectivity index (χ1) is 16.8. The SMILES string of the molecule is CC1CN(C(=O)c2cc(NC(=O)OCC3c4ccccc4-c4ccccc43)n[nH]2)CC1(C)C(=O)O. The van der Waals surface area contributed by atoms with E-state index < -0.39 is 17.5 Å². The van der Waals surface area contributed by atoms with Gasteiger partial charge in [0.25, 0.3) is 5.91 Å². The number of rotatable bonds is 5. The quantitative estimate of drug-likeness (QED) is 0.514. The van der Waals surface area contributed by atoms with Crippen LogP contribution in [0, 0.1) is 11.3 Å². The summed E-state index contributed by atoms with van der Waals surface area (Å²) in [4.78, 5) is 38.5. The van der Waals surface area contributed by atoms with Crippen LogP contribution < -0.4 is 5.32 Å². The van der Waals surface area contributed by atoms with Crippen LogP contribution >= 0.6 is 0 Å². The van der Waals surface area contributed by atoms with Gasteiger partial charge in [-0.1, -0.05) is 55.5 Å². The van der Waals surface area contributed by atoms with Gasteiger partial charge in [0.05, 0.1) is 5.41 Å². The Labute approximate surface area is 202 Å². The Balaban J connectivity index is 1.21. The molecule has 1 fully saturated rings. The number of aromatic nitrogens is 2. The molecule has 0 radical (unpaired) electrons. The van der Waals surface area contributed by atoms with Gasteiger partial charge in [0.2, 0.25) is 0 Å². The molecule has 1 saturated heterocycles. The minimum absolute atomic E-state index is 0.0647. The van der Waals surface area contributed by atoms with Gasteiger partial charge in [0.1, 0.15) is 12.3 Å². The predicted octanol–water partition coefficient (Wildman–Crippen LogP) is 3.95. The number of carboxylic acid groups (broad SMARTS) is 1. The highest BCUT2D eigenvalue weighted by Crippen LogP contribution is 2.44. The number of fused-ring (bicyclic) bond motifs is 3. The first-order valence-corrected chi connectivity index (χ1v) is 11.5. The molecule has 180 valence electrons. The maximum atomic E-state index is 12.9. The standard InChI is InChI=1S/C26H26N4O5/c1-15-12-30(14-26(15,2)24(32)33)23(31)21-11-22(29-28-21)27-25(34)35-13-20-18-9-5-3-7-16(18)17-8-4-6-10-19(17)20/h3-11,15,20H,12-14H2,1-2H3,(H,32,33)(H2,27,28,29,34). The maximum Gasteiger partial charge on any atom is 0.412 e. The van der Waals surface area contributed by atoms with Crippen LogP contribution in [0.4, 0.5) is 10.6 Å². The number of H-pyrrole nitrogens is 1. The molecule has 3 aromatic rings. The van der Waals surface area contributed by atoms with Gasteiger partial charge >= 0.3 is 12.1 Å². The number of likely N-dealkylation sites (tertiary alicyclic amines) is 1. The normalized spacial score (nSPS) is 20.9. The van der Waals surface area contributed by atoms with E-state index in [1.165, 1.54) is 11.0 Å². The molecule has 9 nitrogen and oxygen atoms in total. The van der Waals surface area contributed by atoms with Gasteiger partial charge in [-0.25, -0.2) is 4.79 Å². The van der Waals surface area contributed by atoms with Crippen LogP contribution in [0.1, 0.15) is 41.4 Å². The number of benzene rings is 2. The van der Waals surface area contributed by atoms with E-state index in [2.05, 4.69) is 27.6 Å². The lowest BCUT2D eigenvalue weighted by Gasteiger charge is -2.22. The van der Waals surface area contributed by atoms with Gasteiger partial charge < -0.3 is 14.7 Å². The Morgan fingerprint density at radius 1 is 1.14 bits per heavy atom. The lowest BCUT2D eigenvalue weighted by Crippen LogP contribution is -2.36. The summed E-state index contributed by atoms with van der Waals surface area (Å²) in [5, 5.41) is 18.7. The summed E-state index contributed by atoms with van der Waals surface area (Å²) in [6.45, 7) is 4.06. The first-order valence-electron chi connectivity index (χ1n) is 11.5. The highest BCUT2D eigenvalue weighted by Gasteiger charge is 2.48. The number of anilines is 1. The van der Waals surface area contributed by atoms with Gasteiger partial charge in [0.15, 0.2) is 5.82 Å². The van der Waals surface area contributed by atoms with Crippen LogP contribution in [-0.4, -0.2) is 57.9 Å². The van der Waals surface area contributed by atoms with Crippen molar-refractivity contribution in [3.8, 4) is 11.1 Å². The number of nitrogens with one attached hydrogen (secondary N) is 2. The average molecular weight is 475 g/mol. The molecule has 0 saturated carbocycles. The molecular formula is C26H26N4O5. The van der Waals surface area contributed by atoms with Crippen molar-refractivity contribution in [1.29, 1.82) is 0 Å². The third kappa shape index (κ3) is 3.92. The Bertz CT molecular complexity index is 1270. The van der Waals surface area contributed by atoms with Crippen LogP contribution in [0.2, 0.25) is 0 Å². The molecule has 0 bridgehead atoms. The average Bonchev–Trinajstić information content (AvgIpc) is 3.52. The Hall–Kier alpha value is -4.14. The fourth-order valence-corrected chi connectivity index (χ4v) is 4.99. The Morgan fingerprint density at radius 2 is 1.77 bits per heavy atom. The van der Waals surface area contributed by atoms with E-state index in [1.807, 2.05) is 43.3 Å². The molecule has 2 amide bonds. The van der Waals surface area contributed by atoms with Crippen LogP contribution in [0.25, 0.3) is 11.1 Å². The number of nitrogens with zero attached hydrogens (tertiary/aromatic N) is 2. The van der Waals surface area contributed by atoms with Crippen LogP contribution in [0.5, 0.6) is 0 Å². The number of amides is 2. The Morgan fingerprint density at radius 3 is 2.37 bits per heavy atom. The number of carboxylic acids is 1. The van der Waals surface area contributed by atoms with E-state index in [0.717, 1.165) is 22.3 Å². The summed E-state index contributed by atoms with van der Waals surface area (Å²) in [7, 11) is 0. The molecular weight excluding hydrogens is 448 g/mol. The van der Waals surface area contributed by atoms with E-state index >= 15 is 0 Å². The topological polar surface area (TPSA) is 125 Å². The smallest absolute Gasteiger partial charge is 0.412 e. The van der Waals surface area contributed by atoms with Crippen LogP contribution in [0.3, 0.4) is 0 Å². The van der Waals surface area contributed by atoms with Gasteiger partial charge in [-0.15, -0.1) is 0 Å². The monoisotopic (exact) mass is 474 g/mol. The first kappa shape index (κ1) is 22.6. The van der Waals surface area contributed by atoms with E-state index in [9.17, 15) is 19.5 Å². The van der Waals surface area contributed by atoms with Gasteiger partial charge in [-0.2, -0.15) is 5.10 Å². The molecule has 2 heterocycles. The third-order valence-corrected chi connectivity index (χ3v) is 7.26. The maximum absolute atomic E-state index is 12.9. The molecule has 5 rings (SSSR count). The zero-order valence-corrected chi connectivity index (χ0v) is 19.4. The molecule has 1 aromatic heterocycles. The largest absolute Gasteiger partial charge is 0.481 e. The second-order valence-electron chi connectivity index (χ2n) is 9.43. The highest BCUT2D eigenvalue weighted by atomic mass is 16.5. The number of carbonyl (C=O) groups excluding carboxylic acids is 2. The highest BCUT2D eigenvalue weighted by molar-refractivity contribution is 5.95. The van der Waals surface area contributed by atoms with Crippen molar-refractivity contribution in [1.82, 2.24) is 15.1 Å². The van der Waals surface area contributed by atoms with Gasteiger partial charge in [-0.05, 0) is 35.1 Å². The fraction of sp³-hybridized carbons (Fsp3) is 0.308. The van der Waals surface area contributed by atoms with Crippen LogP contribution in [-0.2, 0) is 9.53 Å². The Kier molecular flexibility index (Phi) is 5.55. The van der Waals surface area contributed by atoms with E-state index in [1.54, 1.807) is 6.92 Å². The third-order valence-electron chi connectivity index (χ3n) is 7.26. The second-order valence-corrected chi connectivity index (χ2v) is 9.43. The minimum Gasteiger partial charge on any atom is -0.481 e. The summed E-state index contributed by atoms with van der Waals surface area (Å²) in [5.74, 6) is -1.40. The molecule has 0 spiro atoms. The van der Waals surface area contributed by atoms with Crippen molar-refractivity contribution in [3.05, 3.63) is 71.4 Å². The second kappa shape index (κ2) is 8.57. The predicted molar refractivity (Wildman–Crippen MR) is 128 cm³/mol. The van der Waals surface area contributed by atoms with Gasteiger partial charge in [0, 0.05) is 25.1 Å². The molecule has 9 heteroatoms. The fourth-order valence-electron chi connectivity index (χ4n) is 4.99. The van der Waals surface area contributed by atoms with Crippen molar-refractivity contribution in [2.75, 3.05) is 25.0 Å². The van der Waals surface area contributed by atoms with Crippen molar-refractivity contribution in [3.63, 3.8) is 0 Å². The summed E-state index contributed by atoms with van der Waals surface area (Å²) >= 11 is 0. The number of hydrogen-bond donors (Lipinski definition) is 3. The minimum atomic E-state index is -1.00. The summed E-state index contributed by atoms with van der Waals surface area (Å²) in [6.07, 6.45) is -0.675. The van der Waals surface area contributed by atoms with Crippen molar-refractivity contribution in [2.24, 2.45) is 11.3 Å². The zero-order valence-electron chi connectivity index (χ0n) is 19.4. The van der Waals surface area contributed by atoms with Gasteiger partial charge in [-0.3, -0.25) is 20.0 Å². The van der Waals surface area contributed by atoms with Crippen molar-refractivity contribution in [2.45, 2.75) is 19.8 Å². The molecule has 2 aromatic carbocycles. The summed E-state index contributed by atoms with van der Waals surface area (Å²) < 4.78 is 5.52. The van der Waals surface area contributed by atoms with Crippen molar-refractivity contribution >= 4 is 23.8 Å². The summed E-state index contributed by atoms with van der Waals surface area (Å²) in [5.41, 5.74) is 3.67. The number of ether oxygens (including phenoxy) is 1. The van der Waals surface area contributed by atoms with E-state index in [-0.39, 0.29) is 42.4 Å². The molecule has 2 atom stereocenters. The molecule has 1 aliphatic carbocycles. The number of hydrogen-bond acceptors (Lipinski definition) is 5. The number of aromatic amines is 1. The molecule has 35 heavy (non-hydrogen) atoms. The van der Waals surface area contributed by atoms with E-state index in [0.29, 0.717) is 6.54 Å². The summed E-state index contributed by atoms with van der Waals surface area (Å²) in [6, 6.07) is 17.6. The molecule has 3 N–H and O–H groups in total. The lowest BCUT2D eigenvalue weighted by molar-refractivity contribution is -0.148. The van der Waals surface area contributed by atoms with Crippen molar-refractivity contribution < 1.29 is 24.2 Å².